The van der Waals surface area contributed by atoms with E-state index in [4.69, 9.17) is 4.74 Å². The van der Waals surface area contributed by atoms with Crippen molar-refractivity contribution in [3.63, 3.8) is 0 Å². The van der Waals surface area contributed by atoms with E-state index in [-0.39, 0.29) is 0 Å². The lowest BCUT2D eigenvalue weighted by molar-refractivity contribution is -0.113. The smallest absolute Gasteiger partial charge is 0.230 e. The SMILES string of the molecule is COc1ccc(-n2ccnc2)c2[nH]cc(C(=O)C(C)=O)c12. The number of ketones is 2. The molecule has 0 unspecified atom stereocenters. The van der Waals surface area contributed by atoms with E-state index in [1.54, 1.807) is 24.8 Å². The molecule has 1 N–H and O–H groups in total. The van der Waals surface area contributed by atoms with Crippen LogP contribution in [0.25, 0.3) is 16.6 Å². The molecule has 0 saturated heterocycles. The number of hydrogen-bond donors (Lipinski definition) is 1. The first-order valence-corrected chi connectivity index (χ1v) is 6.35. The van der Waals surface area contributed by atoms with Crippen LogP contribution in [0, 0.1) is 0 Å². The Labute approximate surface area is 120 Å². The first-order chi connectivity index (χ1) is 10.1. The zero-order valence-corrected chi connectivity index (χ0v) is 11.6. The van der Waals surface area contributed by atoms with Gasteiger partial charge in [0.2, 0.25) is 5.78 Å². The number of benzene rings is 1. The minimum atomic E-state index is -0.540. The van der Waals surface area contributed by atoms with Crippen LogP contribution in [0.1, 0.15) is 17.3 Å². The van der Waals surface area contributed by atoms with Crippen LogP contribution in [0.2, 0.25) is 0 Å². The molecule has 0 bridgehead atoms. The highest BCUT2D eigenvalue weighted by molar-refractivity contribution is 6.45. The topological polar surface area (TPSA) is 77.0 Å². The number of nitrogens with zero attached hydrogens (tertiary/aromatic N) is 2. The number of methoxy groups -OCH3 is 1. The van der Waals surface area contributed by atoms with Crippen molar-refractivity contribution >= 4 is 22.5 Å². The van der Waals surface area contributed by atoms with Crippen molar-refractivity contribution in [2.45, 2.75) is 6.92 Å². The van der Waals surface area contributed by atoms with Crippen LogP contribution in [0.3, 0.4) is 0 Å². The van der Waals surface area contributed by atoms with Crippen LogP contribution < -0.4 is 4.74 Å². The molecule has 0 amide bonds. The second-order valence-electron chi connectivity index (χ2n) is 4.59. The molecule has 0 saturated carbocycles. The number of H-pyrrole nitrogens is 1. The van der Waals surface area contributed by atoms with Gasteiger partial charge in [-0.1, -0.05) is 0 Å². The minimum absolute atomic E-state index is 0.316. The molecule has 6 heteroatoms. The van der Waals surface area contributed by atoms with E-state index < -0.39 is 11.6 Å². The number of carbonyl (C=O) groups excluding carboxylic acids is 2. The van der Waals surface area contributed by atoms with Gasteiger partial charge in [-0.3, -0.25) is 9.59 Å². The highest BCUT2D eigenvalue weighted by atomic mass is 16.5. The number of fused-ring (bicyclic) bond motifs is 1. The third-order valence-electron chi connectivity index (χ3n) is 3.34. The Kier molecular flexibility index (Phi) is 3.06. The van der Waals surface area contributed by atoms with E-state index in [0.717, 1.165) is 11.2 Å². The number of imidazole rings is 1. The Morgan fingerprint density at radius 1 is 1.33 bits per heavy atom. The maximum atomic E-state index is 12.0. The lowest BCUT2D eigenvalue weighted by Crippen LogP contribution is -2.09. The first-order valence-electron chi connectivity index (χ1n) is 6.35. The molecule has 1 aromatic carbocycles. The van der Waals surface area contributed by atoms with Gasteiger partial charge in [0.05, 0.1) is 35.6 Å². The quantitative estimate of drug-likeness (QED) is 0.588. The van der Waals surface area contributed by atoms with Crippen LogP contribution in [0.5, 0.6) is 5.75 Å². The van der Waals surface area contributed by atoms with Crippen LogP contribution in [-0.4, -0.2) is 33.2 Å². The van der Waals surface area contributed by atoms with Crippen molar-refractivity contribution in [3.8, 4) is 11.4 Å². The summed E-state index contributed by atoms with van der Waals surface area (Å²) in [5.74, 6) is -0.506. The summed E-state index contributed by atoms with van der Waals surface area (Å²) in [6.07, 6.45) is 6.67. The van der Waals surface area contributed by atoms with Gasteiger partial charge < -0.3 is 14.3 Å². The molecule has 3 aromatic rings. The number of rotatable bonds is 4. The van der Waals surface area contributed by atoms with E-state index >= 15 is 0 Å². The molecule has 6 nitrogen and oxygen atoms in total. The molecule has 2 heterocycles. The van der Waals surface area contributed by atoms with Crippen LogP contribution in [0.15, 0.2) is 37.1 Å². The Hall–Kier alpha value is -2.89. The lowest BCUT2D eigenvalue weighted by atomic mass is 10.1. The van der Waals surface area contributed by atoms with Gasteiger partial charge in [-0.2, -0.15) is 0 Å². The number of nitrogens with one attached hydrogen (secondary N) is 1. The molecular weight excluding hydrogens is 270 g/mol. The fourth-order valence-corrected chi connectivity index (χ4v) is 2.36. The molecule has 2 aromatic heterocycles. The average Bonchev–Trinajstić information content (AvgIpc) is 3.14. The van der Waals surface area contributed by atoms with E-state index in [9.17, 15) is 9.59 Å². The molecule has 3 rings (SSSR count). The zero-order valence-electron chi connectivity index (χ0n) is 11.6. The predicted molar refractivity (Wildman–Crippen MR) is 77.0 cm³/mol. The second-order valence-corrected chi connectivity index (χ2v) is 4.59. The van der Waals surface area contributed by atoms with Gasteiger partial charge in [-0.25, -0.2) is 4.98 Å². The van der Waals surface area contributed by atoms with E-state index in [1.807, 2.05) is 10.6 Å². The summed E-state index contributed by atoms with van der Waals surface area (Å²) < 4.78 is 7.14. The van der Waals surface area contributed by atoms with Crippen molar-refractivity contribution in [3.05, 3.63) is 42.6 Å². The number of hydrogen-bond acceptors (Lipinski definition) is 4. The maximum Gasteiger partial charge on any atom is 0.230 e. The van der Waals surface area contributed by atoms with Gasteiger partial charge in [0.25, 0.3) is 0 Å². The van der Waals surface area contributed by atoms with E-state index in [0.29, 0.717) is 16.7 Å². The first kappa shape index (κ1) is 13.1. The molecule has 0 aliphatic rings. The van der Waals surface area contributed by atoms with E-state index in [1.165, 1.54) is 20.2 Å². The molecule has 21 heavy (non-hydrogen) atoms. The Morgan fingerprint density at radius 2 is 2.14 bits per heavy atom. The van der Waals surface area contributed by atoms with E-state index in [2.05, 4.69) is 9.97 Å². The van der Waals surface area contributed by atoms with Crippen LogP contribution >= 0.6 is 0 Å². The Bertz CT molecular complexity index is 831. The minimum Gasteiger partial charge on any atom is -0.496 e. The van der Waals surface area contributed by atoms with Gasteiger partial charge in [0, 0.05) is 25.5 Å². The van der Waals surface area contributed by atoms with Crippen molar-refractivity contribution < 1.29 is 14.3 Å². The fraction of sp³-hybridized carbons (Fsp3) is 0.133. The zero-order chi connectivity index (χ0) is 15.0. The molecule has 106 valence electrons. The lowest BCUT2D eigenvalue weighted by Gasteiger charge is -2.08. The van der Waals surface area contributed by atoms with Gasteiger partial charge >= 0.3 is 0 Å². The molecule has 0 aliphatic heterocycles. The number of Topliss-reactive ketones (excluding diaryl/α,β-unsaturated/α-hetero) is 2. The molecule has 0 aliphatic carbocycles. The summed E-state index contributed by atoms with van der Waals surface area (Å²) in [5.41, 5.74) is 1.86. The van der Waals surface area contributed by atoms with Gasteiger partial charge in [0.1, 0.15) is 5.75 Å². The molecule has 0 spiro atoms. The van der Waals surface area contributed by atoms with Crippen molar-refractivity contribution in [1.82, 2.24) is 14.5 Å². The number of ether oxygens (including phenoxy) is 1. The molecule has 0 atom stereocenters. The second kappa shape index (κ2) is 4.90. The van der Waals surface area contributed by atoms with Gasteiger partial charge in [-0.05, 0) is 12.1 Å². The third-order valence-corrected chi connectivity index (χ3v) is 3.34. The average molecular weight is 283 g/mol. The van der Waals surface area contributed by atoms with Crippen LogP contribution in [0.4, 0.5) is 0 Å². The monoisotopic (exact) mass is 283 g/mol. The fourth-order valence-electron chi connectivity index (χ4n) is 2.36. The largest absolute Gasteiger partial charge is 0.496 e. The highest BCUT2D eigenvalue weighted by Crippen LogP contribution is 2.33. The summed E-state index contributed by atoms with van der Waals surface area (Å²) in [6, 6.07) is 3.63. The Balaban J connectivity index is 2.32. The third kappa shape index (κ3) is 2.01. The van der Waals surface area contributed by atoms with Crippen molar-refractivity contribution in [2.24, 2.45) is 0 Å². The summed E-state index contributed by atoms with van der Waals surface area (Å²) in [6.45, 7) is 1.26. The molecular formula is C15H13N3O3. The number of aromatic nitrogens is 3. The molecule has 0 radical (unpaired) electrons. The summed E-state index contributed by atoms with van der Waals surface area (Å²) in [4.78, 5) is 30.5. The van der Waals surface area contributed by atoms with Crippen molar-refractivity contribution in [2.75, 3.05) is 7.11 Å². The summed E-state index contributed by atoms with van der Waals surface area (Å²) >= 11 is 0. The highest BCUT2D eigenvalue weighted by Gasteiger charge is 2.21. The normalized spacial score (nSPS) is 10.8. The number of carbonyl (C=O) groups is 2. The standard InChI is InChI=1S/C15H13N3O3/c1-9(19)15(20)10-7-17-14-11(18-6-5-16-8-18)3-4-12(21-2)13(10)14/h3-8,17H,1-2H3. The number of aromatic amines is 1. The van der Waals surface area contributed by atoms with Crippen LogP contribution in [-0.2, 0) is 4.79 Å². The predicted octanol–water partition coefficient (Wildman–Crippen LogP) is 2.13. The molecule has 0 fully saturated rings. The maximum absolute atomic E-state index is 12.0. The van der Waals surface area contributed by atoms with Gasteiger partial charge in [-0.15, -0.1) is 0 Å². The summed E-state index contributed by atoms with van der Waals surface area (Å²) in [5, 5.41) is 0.601. The van der Waals surface area contributed by atoms with Gasteiger partial charge in [0.15, 0.2) is 5.78 Å². The summed E-state index contributed by atoms with van der Waals surface area (Å²) in [7, 11) is 1.53. The van der Waals surface area contributed by atoms with Crippen molar-refractivity contribution in [1.29, 1.82) is 0 Å². The Morgan fingerprint density at radius 3 is 2.76 bits per heavy atom.